The highest BCUT2D eigenvalue weighted by atomic mass is 16.1. The Bertz CT molecular complexity index is 489. The van der Waals surface area contributed by atoms with Crippen LogP contribution in [-0.4, -0.2) is 31.6 Å². The molecule has 22 heavy (non-hydrogen) atoms. The first-order valence-electron chi connectivity index (χ1n) is 8.45. The number of carbonyl (C=O) groups is 1. The normalized spacial score (nSPS) is 21.4. The van der Waals surface area contributed by atoms with Gasteiger partial charge >= 0.3 is 0 Å². The number of likely N-dealkylation sites (N-methyl/N-ethyl adjacent to an activating group) is 1. The molecule has 3 N–H and O–H groups in total. The van der Waals surface area contributed by atoms with Crippen molar-refractivity contribution in [3.05, 3.63) is 29.8 Å². The molecule has 1 aromatic carbocycles. The summed E-state index contributed by atoms with van der Waals surface area (Å²) >= 11 is 0. The molecule has 0 radical (unpaired) electrons. The van der Waals surface area contributed by atoms with Crippen molar-refractivity contribution in [2.75, 3.05) is 24.5 Å². The first-order chi connectivity index (χ1) is 10.6. The van der Waals surface area contributed by atoms with Gasteiger partial charge in [0.2, 0.25) is 5.91 Å². The number of nitrogens with two attached hydrogens (primary N) is 1. The van der Waals surface area contributed by atoms with Crippen molar-refractivity contribution in [3.8, 4) is 0 Å². The van der Waals surface area contributed by atoms with Crippen LogP contribution in [0.1, 0.15) is 38.2 Å². The summed E-state index contributed by atoms with van der Waals surface area (Å²) < 4.78 is 0. The van der Waals surface area contributed by atoms with E-state index in [1.54, 1.807) is 0 Å². The molecule has 0 aromatic heterocycles. The van der Waals surface area contributed by atoms with Gasteiger partial charge in [-0.3, -0.25) is 4.79 Å². The number of amides is 1. The lowest BCUT2D eigenvalue weighted by atomic mass is 9.85. The Morgan fingerprint density at radius 3 is 2.91 bits per heavy atom. The van der Waals surface area contributed by atoms with E-state index in [0.717, 1.165) is 38.8 Å². The molecule has 2 atom stereocenters. The molecule has 2 rings (SSSR count). The molecule has 4 heteroatoms. The number of nitrogens with zero attached hydrogens (tertiary/aromatic N) is 1. The number of aryl methyl sites for hydroxylation is 1. The van der Waals surface area contributed by atoms with Crippen LogP contribution in [0.15, 0.2) is 24.3 Å². The molecule has 122 valence electrons. The molecule has 0 saturated heterocycles. The Labute approximate surface area is 134 Å². The van der Waals surface area contributed by atoms with Crippen LogP contribution < -0.4 is 16.0 Å². The van der Waals surface area contributed by atoms with E-state index < -0.39 is 0 Å². The number of anilines is 1. The molecule has 4 nitrogen and oxygen atoms in total. The van der Waals surface area contributed by atoms with Gasteiger partial charge in [0.15, 0.2) is 0 Å². The molecule has 0 spiro atoms. The van der Waals surface area contributed by atoms with Crippen molar-refractivity contribution in [1.29, 1.82) is 0 Å². The minimum atomic E-state index is 0.109. The fourth-order valence-corrected chi connectivity index (χ4v) is 3.22. The van der Waals surface area contributed by atoms with Crippen LogP contribution in [0, 0.1) is 12.8 Å². The van der Waals surface area contributed by atoms with Gasteiger partial charge in [0.1, 0.15) is 0 Å². The maximum absolute atomic E-state index is 12.2. The predicted molar refractivity (Wildman–Crippen MR) is 92.0 cm³/mol. The van der Waals surface area contributed by atoms with E-state index in [1.807, 2.05) is 0 Å². The van der Waals surface area contributed by atoms with Crippen molar-refractivity contribution >= 4 is 11.6 Å². The van der Waals surface area contributed by atoms with E-state index in [1.165, 1.54) is 11.3 Å². The summed E-state index contributed by atoms with van der Waals surface area (Å²) in [4.78, 5) is 14.5. The molecule has 0 bridgehead atoms. The standard InChI is InChI=1S/C18H29N3O/c1-3-21(17-9-4-6-14(2)12-17)11-10-20-18(22)15-7-5-8-16(19)13-15/h4,6,9,12,15-16H,3,5,7-8,10-11,13,19H2,1-2H3,(H,20,22). The quantitative estimate of drug-likeness (QED) is 0.848. The summed E-state index contributed by atoms with van der Waals surface area (Å²) in [6.45, 7) is 6.71. The molecule has 1 amide bonds. The van der Waals surface area contributed by atoms with E-state index in [9.17, 15) is 4.79 Å². The number of benzene rings is 1. The molecule has 0 heterocycles. The Balaban J connectivity index is 1.80. The average Bonchev–Trinajstić information content (AvgIpc) is 2.51. The molecule has 1 aliphatic carbocycles. The number of hydrogen-bond acceptors (Lipinski definition) is 3. The van der Waals surface area contributed by atoms with Crippen molar-refractivity contribution in [2.24, 2.45) is 11.7 Å². The third kappa shape index (κ3) is 4.73. The smallest absolute Gasteiger partial charge is 0.223 e. The monoisotopic (exact) mass is 303 g/mol. The SMILES string of the molecule is CCN(CCNC(=O)C1CCCC(N)C1)c1cccc(C)c1. The van der Waals surface area contributed by atoms with Crippen LogP contribution in [0.4, 0.5) is 5.69 Å². The molecule has 1 aliphatic rings. The Kier molecular flexibility index (Phi) is 6.25. The van der Waals surface area contributed by atoms with Crippen LogP contribution in [0.3, 0.4) is 0 Å². The summed E-state index contributed by atoms with van der Waals surface area (Å²) in [5.74, 6) is 0.285. The predicted octanol–water partition coefficient (Wildman–Crippen LogP) is 2.46. The van der Waals surface area contributed by atoms with E-state index in [2.05, 4.69) is 48.3 Å². The van der Waals surface area contributed by atoms with Crippen molar-refractivity contribution in [1.82, 2.24) is 5.32 Å². The van der Waals surface area contributed by atoms with Crippen LogP contribution in [0.2, 0.25) is 0 Å². The number of rotatable bonds is 6. The molecular weight excluding hydrogens is 274 g/mol. The van der Waals surface area contributed by atoms with Gasteiger partial charge in [0.05, 0.1) is 0 Å². The molecule has 1 saturated carbocycles. The lowest BCUT2D eigenvalue weighted by Crippen LogP contribution is -2.41. The number of carbonyl (C=O) groups excluding carboxylic acids is 1. The maximum atomic E-state index is 12.2. The lowest BCUT2D eigenvalue weighted by Gasteiger charge is -2.27. The van der Waals surface area contributed by atoms with Crippen LogP contribution in [-0.2, 0) is 4.79 Å². The number of hydrogen-bond donors (Lipinski definition) is 2. The summed E-state index contributed by atoms with van der Waals surface area (Å²) in [5, 5.41) is 3.09. The molecule has 1 aromatic rings. The zero-order chi connectivity index (χ0) is 15.9. The highest BCUT2D eigenvalue weighted by Crippen LogP contribution is 2.23. The first-order valence-corrected chi connectivity index (χ1v) is 8.45. The number of nitrogens with one attached hydrogen (secondary N) is 1. The van der Waals surface area contributed by atoms with Gasteiger partial charge in [0.25, 0.3) is 0 Å². The minimum absolute atomic E-state index is 0.109. The summed E-state index contributed by atoms with van der Waals surface area (Å²) in [6, 6.07) is 8.69. The second-order valence-electron chi connectivity index (χ2n) is 6.33. The fourth-order valence-electron chi connectivity index (χ4n) is 3.22. The van der Waals surface area contributed by atoms with E-state index in [0.29, 0.717) is 6.54 Å². The van der Waals surface area contributed by atoms with Crippen LogP contribution in [0.5, 0.6) is 0 Å². The topological polar surface area (TPSA) is 58.4 Å². The zero-order valence-corrected chi connectivity index (χ0v) is 13.8. The second kappa shape index (κ2) is 8.18. The molecule has 1 fully saturated rings. The van der Waals surface area contributed by atoms with Gasteiger partial charge in [-0.2, -0.15) is 0 Å². The van der Waals surface area contributed by atoms with E-state index in [4.69, 9.17) is 5.73 Å². The van der Waals surface area contributed by atoms with Gasteiger partial charge in [-0.15, -0.1) is 0 Å². The van der Waals surface area contributed by atoms with E-state index >= 15 is 0 Å². The minimum Gasteiger partial charge on any atom is -0.370 e. The van der Waals surface area contributed by atoms with Crippen LogP contribution >= 0.6 is 0 Å². The lowest BCUT2D eigenvalue weighted by molar-refractivity contribution is -0.126. The van der Waals surface area contributed by atoms with Crippen molar-refractivity contribution in [2.45, 2.75) is 45.6 Å². The zero-order valence-electron chi connectivity index (χ0n) is 13.8. The first kappa shape index (κ1) is 16.8. The average molecular weight is 303 g/mol. The fraction of sp³-hybridized carbons (Fsp3) is 0.611. The molecular formula is C18H29N3O. The van der Waals surface area contributed by atoms with Crippen LogP contribution in [0.25, 0.3) is 0 Å². The summed E-state index contributed by atoms with van der Waals surface area (Å²) in [6.07, 6.45) is 3.94. The Morgan fingerprint density at radius 1 is 1.41 bits per heavy atom. The Morgan fingerprint density at radius 2 is 2.23 bits per heavy atom. The van der Waals surface area contributed by atoms with Crippen molar-refractivity contribution < 1.29 is 4.79 Å². The third-order valence-corrected chi connectivity index (χ3v) is 4.52. The van der Waals surface area contributed by atoms with E-state index in [-0.39, 0.29) is 17.9 Å². The van der Waals surface area contributed by atoms with Gasteiger partial charge < -0.3 is 16.0 Å². The highest BCUT2D eigenvalue weighted by molar-refractivity contribution is 5.78. The van der Waals surface area contributed by atoms with Gasteiger partial charge in [-0.1, -0.05) is 18.6 Å². The maximum Gasteiger partial charge on any atom is 0.223 e. The molecule has 2 unspecified atom stereocenters. The van der Waals surface area contributed by atoms with Crippen molar-refractivity contribution in [3.63, 3.8) is 0 Å². The Hall–Kier alpha value is -1.55. The largest absolute Gasteiger partial charge is 0.370 e. The second-order valence-corrected chi connectivity index (χ2v) is 6.33. The summed E-state index contributed by atoms with van der Waals surface area (Å²) in [7, 11) is 0. The highest BCUT2D eigenvalue weighted by Gasteiger charge is 2.24. The van der Waals surface area contributed by atoms with Gasteiger partial charge in [-0.05, 0) is 50.8 Å². The summed E-state index contributed by atoms with van der Waals surface area (Å²) in [5.41, 5.74) is 8.44. The molecule has 0 aliphatic heterocycles. The van der Waals surface area contributed by atoms with Gasteiger partial charge in [0, 0.05) is 37.3 Å². The third-order valence-electron chi connectivity index (χ3n) is 4.52. The van der Waals surface area contributed by atoms with Gasteiger partial charge in [-0.25, -0.2) is 0 Å².